The summed E-state index contributed by atoms with van der Waals surface area (Å²) in [7, 11) is 0. The van der Waals surface area contributed by atoms with Crippen LogP contribution in [0.1, 0.15) is 0 Å². The van der Waals surface area contributed by atoms with Crippen LogP contribution in [0.2, 0.25) is 0 Å². The van der Waals surface area contributed by atoms with Crippen molar-refractivity contribution in [3.05, 3.63) is 24.3 Å². The summed E-state index contributed by atoms with van der Waals surface area (Å²) in [4.78, 5) is 0. The maximum absolute atomic E-state index is 8.67. The lowest BCUT2D eigenvalue weighted by molar-refractivity contribution is 0.404. The third-order valence-electron chi connectivity index (χ3n) is 0.882. The van der Waals surface area contributed by atoms with Gasteiger partial charge in [0, 0.05) is 0 Å². The zero-order valence-corrected chi connectivity index (χ0v) is 10.7. The summed E-state index contributed by atoms with van der Waals surface area (Å²) >= 11 is 9.31. The fraction of sp³-hybridized carbons (Fsp3) is 0. The first-order valence-electron chi connectivity index (χ1n) is 2.93. The molecule has 0 aliphatic heterocycles. The van der Waals surface area contributed by atoms with Crippen molar-refractivity contribution in [2.75, 3.05) is 0 Å². The minimum atomic E-state index is -0.0764. The number of hydrogen-bond donors (Lipinski definition) is 2. The Labute approximate surface area is 96.0 Å². The molecular weight excluding hydrogens is 355 g/mol. The molecule has 0 fully saturated rings. The maximum atomic E-state index is 8.67. The van der Waals surface area contributed by atoms with Crippen LogP contribution in [-0.2, 0) is 0 Å². The van der Waals surface area contributed by atoms with Gasteiger partial charge in [-0.3, -0.25) is 0 Å². The van der Waals surface area contributed by atoms with E-state index >= 15 is 0 Å². The van der Waals surface area contributed by atoms with Crippen LogP contribution in [0, 0.1) is 0 Å². The van der Waals surface area contributed by atoms with Crippen molar-refractivity contribution >= 4 is 50.5 Å². The van der Waals surface area contributed by atoms with Gasteiger partial charge in [0.15, 0.2) is 11.5 Å². The molecule has 0 saturated heterocycles. The molecule has 0 atom stereocenters. The molecule has 1 aromatic carbocycles. The van der Waals surface area contributed by atoms with Crippen molar-refractivity contribution in [3.8, 4) is 11.5 Å². The van der Waals surface area contributed by atoms with Crippen LogP contribution in [0.15, 0.2) is 24.3 Å². The number of benzene rings is 1. The van der Waals surface area contributed by atoms with E-state index in [-0.39, 0.29) is 14.7 Å². The molecule has 2 N–H and O–H groups in total. The highest BCUT2D eigenvalue weighted by Crippen LogP contribution is 2.21. The zero-order valence-electron chi connectivity index (χ0n) is 5.92. The fourth-order valence-electron chi connectivity index (χ4n) is 0.464. The third-order valence-corrected chi connectivity index (χ3v) is 0.882. The fourth-order valence-corrected chi connectivity index (χ4v) is 0.464. The number of rotatable bonds is 0. The third kappa shape index (κ3) is 7.00. The Morgan fingerprint density at radius 2 is 1.17 bits per heavy atom. The van der Waals surface area contributed by atoms with Crippen molar-refractivity contribution in [1.29, 1.82) is 0 Å². The predicted octanol–water partition coefficient (Wildman–Crippen LogP) is 3.25. The number of aromatic hydroxyl groups is 2. The van der Waals surface area contributed by atoms with Gasteiger partial charge >= 0.3 is 3.18 Å². The van der Waals surface area contributed by atoms with Gasteiger partial charge in [0.2, 0.25) is 0 Å². The van der Waals surface area contributed by atoms with Crippen LogP contribution >= 0.6 is 47.3 Å². The van der Waals surface area contributed by atoms with Crippen LogP contribution < -0.4 is 0 Å². The molecule has 0 radical (unpaired) electrons. The Morgan fingerprint density at radius 3 is 1.33 bits per heavy atom. The van der Waals surface area contributed by atoms with Gasteiger partial charge in [0.25, 0.3) is 0 Å². The highest BCUT2D eigenvalue weighted by atomic mass is 79.9. The first-order chi connectivity index (χ1) is 5.54. The highest BCUT2D eigenvalue weighted by Gasteiger charge is 1.90. The van der Waals surface area contributed by atoms with E-state index in [1.807, 2.05) is 0 Å². The summed E-state index contributed by atoms with van der Waals surface area (Å²) in [5.41, 5.74) is 0. The maximum Gasteiger partial charge on any atom is 0.369 e. The minimum absolute atomic E-state index is 0.0764. The molecule has 0 aromatic heterocycles. The second kappa shape index (κ2) is 6.80. The van der Waals surface area contributed by atoms with E-state index in [1.165, 1.54) is 12.1 Å². The van der Waals surface area contributed by atoms with E-state index in [0.717, 1.165) is 0 Å². The molecule has 1 aromatic rings. The van der Waals surface area contributed by atoms with Gasteiger partial charge in [-0.25, -0.2) is 0 Å². The Kier molecular flexibility index (Phi) is 6.98. The monoisotopic (exact) mass is 358 g/mol. The number of halogens is 3. The van der Waals surface area contributed by atoms with Gasteiger partial charge in [-0.15, -0.1) is 47.3 Å². The average molecular weight is 361 g/mol. The van der Waals surface area contributed by atoms with Gasteiger partial charge in [0.1, 0.15) is 0 Å². The molecule has 0 aliphatic carbocycles. The van der Waals surface area contributed by atoms with E-state index in [2.05, 4.69) is 47.3 Å². The summed E-state index contributed by atoms with van der Waals surface area (Å²) in [6, 6.07) is 6.15. The van der Waals surface area contributed by atoms with Gasteiger partial charge < -0.3 is 10.2 Å². The standard InChI is InChI=1S/C6H6O2.BBr3/c7-5-3-1-2-4-6(5)8;2-1(3)4/h1-4,7-8H;. The summed E-state index contributed by atoms with van der Waals surface area (Å²) in [6.07, 6.45) is 0. The van der Waals surface area contributed by atoms with Gasteiger partial charge in [-0.2, -0.15) is 0 Å². The second-order valence-corrected chi connectivity index (χ2v) is 8.17. The lowest BCUT2D eigenvalue weighted by Crippen LogP contribution is -1.63. The van der Waals surface area contributed by atoms with Crippen molar-refractivity contribution in [1.82, 2.24) is 0 Å². The van der Waals surface area contributed by atoms with E-state index in [1.54, 1.807) is 12.1 Å². The second-order valence-electron chi connectivity index (χ2n) is 1.74. The van der Waals surface area contributed by atoms with E-state index < -0.39 is 0 Å². The van der Waals surface area contributed by atoms with Crippen LogP contribution in [0.3, 0.4) is 0 Å². The molecule has 6 heteroatoms. The summed E-state index contributed by atoms with van der Waals surface area (Å²) in [5.74, 6) is -0.153. The molecule has 0 aliphatic rings. The largest absolute Gasteiger partial charge is 0.504 e. The lowest BCUT2D eigenvalue weighted by atomic mass is 10.3. The van der Waals surface area contributed by atoms with Crippen LogP contribution in [0.4, 0.5) is 0 Å². The normalized spacial score (nSPS) is 8.25. The molecule has 0 unspecified atom stereocenters. The van der Waals surface area contributed by atoms with Gasteiger partial charge in [0.05, 0.1) is 0 Å². The summed E-state index contributed by atoms with van der Waals surface area (Å²) < 4.78 is 0.271. The lowest BCUT2D eigenvalue weighted by Gasteiger charge is -1.91. The molecule has 2 nitrogen and oxygen atoms in total. The molecule has 0 heterocycles. The van der Waals surface area contributed by atoms with Crippen molar-refractivity contribution in [2.45, 2.75) is 0 Å². The van der Waals surface area contributed by atoms with E-state index in [0.29, 0.717) is 0 Å². The molecule has 1 rings (SSSR count). The Balaban J connectivity index is 0.000000261. The zero-order chi connectivity index (χ0) is 9.56. The molecule has 0 bridgehead atoms. The van der Waals surface area contributed by atoms with Crippen LogP contribution in [0.25, 0.3) is 0 Å². The van der Waals surface area contributed by atoms with Crippen LogP contribution in [-0.4, -0.2) is 13.4 Å². The molecule has 66 valence electrons. The molecule has 0 saturated carbocycles. The van der Waals surface area contributed by atoms with Gasteiger partial charge in [-0.05, 0) is 12.1 Å². The number of phenols is 2. The quantitative estimate of drug-likeness (QED) is 0.551. The molecular formula is C6H6BBr3O2. The van der Waals surface area contributed by atoms with Crippen molar-refractivity contribution < 1.29 is 10.2 Å². The predicted molar refractivity (Wildman–Crippen MR) is 62.3 cm³/mol. The molecule has 0 spiro atoms. The summed E-state index contributed by atoms with van der Waals surface area (Å²) in [5, 5.41) is 17.3. The topological polar surface area (TPSA) is 40.5 Å². The average Bonchev–Trinajstić information content (AvgIpc) is 1.94. The van der Waals surface area contributed by atoms with Crippen molar-refractivity contribution in [3.63, 3.8) is 0 Å². The first kappa shape index (κ1) is 12.3. The van der Waals surface area contributed by atoms with Crippen LogP contribution in [0.5, 0.6) is 11.5 Å². The van der Waals surface area contributed by atoms with E-state index in [4.69, 9.17) is 10.2 Å². The number of phenolic OH excluding ortho intramolecular Hbond substituents is 2. The van der Waals surface area contributed by atoms with E-state index in [9.17, 15) is 0 Å². The molecule has 12 heavy (non-hydrogen) atoms. The molecule has 0 amide bonds. The summed E-state index contributed by atoms with van der Waals surface area (Å²) in [6.45, 7) is 0. The minimum Gasteiger partial charge on any atom is -0.504 e. The Bertz CT molecular complexity index is 208. The van der Waals surface area contributed by atoms with Gasteiger partial charge in [-0.1, -0.05) is 12.1 Å². The Morgan fingerprint density at radius 1 is 0.917 bits per heavy atom. The number of hydrogen-bond acceptors (Lipinski definition) is 2. The van der Waals surface area contributed by atoms with Crippen molar-refractivity contribution in [2.24, 2.45) is 0 Å². The number of para-hydroxylation sites is 2. The highest BCUT2D eigenvalue weighted by molar-refractivity contribution is 9.69. The Hall–Kier alpha value is 0.325. The SMILES string of the molecule is BrB(Br)Br.Oc1ccccc1O. The first-order valence-corrected chi connectivity index (χ1v) is 5.68. The smallest absolute Gasteiger partial charge is 0.369 e.